The average Bonchev–Trinajstić information content (AvgIpc) is 2.74. The van der Waals surface area contributed by atoms with Crippen LogP contribution in [0.4, 0.5) is 11.4 Å². The van der Waals surface area contributed by atoms with Gasteiger partial charge in [0, 0.05) is 5.69 Å². The lowest BCUT2D eigenvalue weighted by molar-refractivity contribution is 0.102. The maximum atomic E-state index is 12.6. The van der Waals surface area contributed by atoms with Crippen molar-refractivity contribution in [2.24, 2.45) is 0 Å². The van der Waals surface area contributed by atoms with Crippen molar-refractivity contribution in [1.82, 2.24) is 0 Å². The molecule has 30 heavy (non-hydrogen) atoms. The highest BCUT2D eigenvalue weighted by Crippen LogP contribution is 2.25. The molecule has 0 saturated carbocycles. The number of amides is 1. The Kier molecular flexibility index (Phi) is 6.64. The van der Waals surface area contributed by atoms with Gasteiger partial charge < -0.3 is 10.1 Å². The Bertz CT molecular complexity index is 1140. The Morgan fingerprint density at radius 2 is 1.60 bits per heavy atom. The van der Waals surface area contributed by atoms with Crippen molar-refractivity contribution in [2.75, 3.05) is 17.1 Å². The first kappa shape index (κ1) is 21.7. The molecule has 0 radical (unpaired) electrons. The lowest BCUT2D eigenvalue weighted by Crippen LogP contribution is -2.15. The Hall–Kier alpha value is -3.03. The van der Waals surface area contributed by atoms with Crippen LogP contribution in [0.25, 0.3) is 0 Å². The summed E-state index contributed by atoms with van der Waals surface area (Å²) in [6.07, 6.45) is 0.911. The molecule has 0 atom stereocenters. The number of aryl methyl sites for hydroxylation is 1. The largest absolute Gasteiger partial charge is 0.497 e. The SMILES string of the molecule is CCc1ccc(NC(=O)c2ccc(NS(=O)(=O)c3ccc(OC)cc3)cc2Cl)cc1. The first-order valence-corrected chi connectivity index (χ1v) is 11.0. The fraction of sp³-hybridized carbons (Fsp3) is 0.136. The molecule has 0 fully saturated rings. The summed E-state index contributed by atoms with van der Waals surface area (Å²) in [6.45, 7) is 2.05. The van der Waals surface area contributed by atoms with Crippen molar-refractivity contribution < 1.29 is 17.9 Å². The first-order chi connectivity index (χ1) is 14.3. The molecule has 0 aliphatic carbocycles. The van der Waals surface area contributed by atoms with E-state index in [1.54, 1.807) is 12.1 Å². The third kappa shape index (κ3) is 5.11. The van der Waals surface area contributed by atoms with E-state index in [4.69, 9.17) is 16.3 Å². The lowest BCUT2D eigenvalue weighted by Gasteiger charge is -2.11. The molecular formula is C22H21ClN2O4S. The smallest absolute Gasteiger partial charge is 0.261 e. The van der Waals surface area contributed by atoms with Gasteiger partial charge in [0.25, 0.3) is 15.9 Å². The van der Waals surface area contributed by atoms with Gasteiger partial charge in [-0.25, -0.2) is 8.42 Å². The predicted molar refractivity (Wildman–Crippen MR) is 119 cm³/mol. The van der Waals surface area contributed by atoms with Gasteiger partial charge in [0.05, 0.1) is 28.3 Å². The number of methoxy groups -OCH3 is 1. The molecule has 8 heteroatoms. The summed E-state index contributed by atoms with van der Waals surface area (Å²) >= 11 is 6.24. The van der Waals surface area contributed by atoms with Crippen LogP contribution < -0.4 is 14.8 Å². The van der Waals surface area contributed by atoms with Crippen LogP contribution in [-0.2, 0) is 16.4 Å². The van der Waals surface area contributed by atoms with Crippen LogP contribution >= 0.6 is 11.6 Å². The number of benzene rings is 3. The summed E-state index contributed by atoms with van der Waals surface area (Å²) in [5.74, 6) is 0.172. The summed E-state index contributed by atoms with van der Waals surface area (Å²) in [7, 11) is -2.31. The van der Waals surface area contributed by atoms with Crippen molar-refractivity contribution in [1.29, 1.82) is 0 Å². The zero-order valence-corrected chi connectivity index (χ0v) is 18.0. The molecule has 6 nitrogen and oxygen atoms in total. The molecule has 0 aromatic heterocycles. The number of carbonyl (C=O) groups excluding carboxylic acids is 1. The number of halogens is 1. The summed E-state index contributed by atoms with van der Waals surface area (Å²) in [5.41, 5.74) is 2.31. The minimum absolute atomic E-state index is 0.0803. The van der Waals surface area contributed by atoms with Crippen LogP contribution in [0, 0.1) is 0 Å². The van der Waals surface area contributed by atoms with E-state index in [0.29, 0.717) is 11.4 Å². The third-order valence-corrected chi connectivity index (χ3v) is 6.17. The van der Waals surface area contributed by atoms with Gasteiger partial charge in [-0.05, 0) is 66.6 Å². The van der Waals surface area contributed by atoms with E-state index in [9.17, 15) is 13.2 Å². The van der Waals surface area contributed by atoms with E-state index in [2.05, 4.69) is 17.0 Å². The lowest BCUT2D eigenvalue weighted by atomic mass is 10.1. The van der Waals surface area contributed by atoms with Gasteiger partial charge in [-0.2, -0.15) is 0 Å². The molecule has 0 bridgehead atoms. The number of hydrogen-bond acceptors (Lipinski definition) is 4. The summed E-state index contributed by atoms with van der Waals surface area (Å²) in [5, 5.41) is 2.91. The topological polar surface area (TPSA) is 84.5 Å². The Balaban J connectivity index is 1.74. The van der Waals surface area contributed by atoms with Gasteiger partial charge in [0.15, 0.2) is 0 Å². The maximum Gasteiger partial charge on any atom is 0.261 e. The Morgan fingerprint density at radius 3 is 2.17 bits per heavy atom. The Morgan fingerprint density at radius 1 is 0.967 bits per heavy atom. The molecule has 0 heterocycles. The summed E-state index contributed by atoms with van der Waals surface area (Å²) < 4.78 is 32.6. The first-order valence-electron chi connectivity index (χ1n) is 9.19. The fourth-order valence-electron chi connectivity index (χ4n) is 2.75. The molecule has 0 aliphatic heterocycles. The zero-order valence-electron chi connectivity index (χ0n) is 16.5. The highest BCUT2D eigenvalue weighted by atomic mass is 35.5. The van der Waals surface area contributed by atoms with Gasteiger partial charge >= 0.3 is 0 Å². The molecule has 0 aliphatic rings. The minimum Gasteiger partial charge on any atom is -0.497 e. The molecule has 2 N–H and O–H groups in total. The van der Waals surface area contributed by atoms with Crippen LogP contribution in [0.5, 0.6) is 5.75 Å². The van der Waals surface area contributed by atoms with Gasteiger partial charge in [0.2, 0.25) is 0 Å². The van der Waals surface area contributed by atoms with Crippen molar-refractivity contribution >= 4 is 38.9 Å². The summed E-state index contributed by atoms with van der Waals surface area (Å²) in [4.78, 5) is 12.6. The molecule has 1 amide bonds. The molecule has 0 spiro atoms. The highest BCUT2D eigenvalue weighted by molar-refractivity contribution is 7.92. The van der Waals surface area contributed by atoms with Crippen molar-refractivity contribution in [3.63, 3.8) is 0 Å². The average molecular weight is 445 g/mol. The quantitative estimate of drug-likeness (QED) is 0.539. The monoisotopic (exact) mass is 444 g/mol. The molecular weight excluding hydrogens is 424 g/mol. The second-order valence-corrected chi connectivity index (χ2v) is 8.57. The van der Waals surface area contributed by atoms with Crippen molar-refractivity contribution in [2.45, 2.75) is 18.2 Å². The van der Waals surface area contributed by atoms with E-state index in [-0.39, 0.29) is 27.1 Å². The van der Waals surface area contributed by atoms with E-state index >= 15 is 0 Å². The molecule has 156 valence electrons. The van der Waals surface area contributed by atoms with Gasteiger partial charge in [0.1, 0.15) is 5.75 Å². The van der Waals surface area contributed by atoms with Gasteiger partial charge in [-0.3, -0.25) is 9.52 Å². The fourth-order valence-corrected chi connectivity index (χ4v) is 4.07. The van der Waals surface area contributed by atoms with E-state index in [1.807, 2.05) is 24.3 Å². The maximum absolute atomic E-state index is 12.6. The number of sulfonamides is 1. The third-order valence-electron chi connectivity index (χ3n) is 4.46. The van der Waals surface area contributed by atoms with E-state index in [1.165, 1.54) is 43.0 Å². The zero-order chi connectivity index (χ0) is 21.7. The second kappa shape index (κ2) is 9.19. The van der Waals surface area contributed by atoms with Gasteiger partial charge in [-0.1, -0.05) is 30.7 Å². The number of anilines is 2. The molecule has 3 aromatic rings. The summed E-state index contributed by atoms with van der Waals surface area (Å²) in [6, 6.07) is 17.9. The highest BCUT2D eigenvalue weighted by Gasteiger charge is 2.17. The van der Waals surface area contributed by atoms with Crippen molar-refractivity contribution in [3.05, 3.63) is 82.9 Å². The second-order valence-electron chi connectivity index (χ2n) is 6.48. The Labute approximate surface area is 180 Å². The van der Waals surface area contributed by atoms with E-state index < -0.39 is 10.0 Å². The molecule has 0 saturated heterocycles. The molecule has 3 aromatic carbocycles. The number of hydrogen-bond donors (Lipinski definition) is 2. The number of nitrogens with one attached hydrogen (secondary N) is 2. The van der Waals surface area contributed by atoms with Crippen LogP contribution in [0.15, 0.2) is 71.6 Å². The number of carbonyl (C=O) groups is 1. The normalized spacial score (nSPS) is 11.0. The molecule has 3 rings (SSSR count). The van der Waals surface area contributed by atoms with Gasteiger partial charge in [-0.15, -0.1) is 0 Å². The van der Waals surface area contributed by atoms with Crippen LogP contribution in [-0.4, -0.2) is 21.4 Å². The van der Waals surface area contributed by atoms with Crippen molar-refractivity contribution in [3.8, 4) is 5.75 Å². The van der Waals surface area contributed by atoms with Crippen LogP contribution in [0.1, 0.15) is 22.8 Å². The standard InChI is InChI=1S/C22H21ClN2O4S/c1-3-15-4-6-16(7-5-15)24-22(26)20-13-8-17(14-21(20)23)25-30(27,28)19-11-9-18(29-2)10-12-19/h4-14,25H,3H2,1-2H3,(H,24,26). The minimum atomic E-state index is -3.81. The number of ether oxygens (including phenoxy) is 1. The molecule has 0 unspecified atom stereocenters. The van der Waals surface area contributed by atoms with Crippen LogP contribution in [0.2, 0.25) is 5.02 Å². The number of rotatable bonds is 7. The van der Waals surface area contributed by atoms with Crippen LogP contribution in [0.3, 0.4) is 0 Å². The predicted octanol–water partition coefficient (Wildman–Crippen LogP) is 4.96. The van der Waals surface area contributed by atoms with E-state index in [0.717, 1.165) is 6.42 Å².